The fraction of sp³-hybridized carbons (Fsp3) is 0.174. The predicted molar refractivity (Wildman–Crippen MR) is 114 cm³/mol. The van der Waals surface area contributed by atoms with Crippen molar-refractivity contribution in [1.82, 2.24) is 4.98 Å². The third-order valence-electron chi connectivity index (χ3n) is 4.34. The van der Waals surface area contributed by atoms with Crippen LogP contribution in [0, 0.1) is 0 Å². The SMILES string of the molecule is CCOC(=O)c1ccccc1Nc1ccnc(C(=O)Nc2ccccc2CC)c1. The van der Waals surface area contributed by atoms with Gasteiger partial charge < -0.3 is 15.4 Å². The summed E-state index contributed by atoms with van der Waals surface area (Å²) >= 11 is 0. The Morgan fingerprint density at radius 3 is 2.45 bits per heavy atom. The van der Waals surface area contributed by atoms with Gasteiger partial charge in [-0.1, -0.05) is 37.3 Å². The normalized spacial score (nSPS) is 10.3. The number of hydrogen-bond donors (Lipinski definition) is 2. The topological polar surface area (TPSA) is 80.3 Å². The number of aromatic nitrogens is 1. The first-order valence-electron chi connectivity index (χ1n) is 9.50. The number of rotatable bonds is 7. The van der Waals surface area contributed by atoms with E-state index in [1.54, 1.807) is 43.5 Å². The van der Waals surface area contributed by atoms with Crippen molar-refractivity contribution in [2.45, 2.75) is 20.3 Å². The Hall–Kier alpha value is -3.67. The van der Waals surface area contributed by atoms with Crippen LogP contribution in [0.5, 0.6) is 0 Å². The third-order valence-corrected chi connectivity index (χ3v) is 4.34. The van der Waals surface area contributed by atoms with Crippen molar-refractivity contribution >= 4 is 28.9 Å². The molecule has 0 spiro atoms. The number of anilines is 3. The van der Waals surface area contributed by atoms with E-state index in [0.29, 0.717) is 23.5 Å². The van der Waals surface area contributed by atoms with Crippen molar-refractivity contribution in [2.75, 3.05) is 17.2 Å². The highest BCUT2D eigenvalue weighted by Crippen LogP contribution is 2.22. The lowest BCUT2D eigenvalue weighted by Gasteiger charge is -2.12. The van der Waals surface area contributed by atoms with Crippen LogP contribution in [0.15, 0.2) is 66.9 Å². The molecular formula is C23H23N3O3. The molecular weight excluding hydrogens is 366 g/mol. The summed E-state index contributed by atoms with van der Waals surface area (Å²) in [6.07, 6.45) is 2.37. The number of carbonyl (C=O) groups is 2. The summed E-state index contributed by atoms with van der Waals surface area (Å²) in [4.78, 5) is 29.0. The number of esters is 1. The zero-order chi connectivity index (χ0) is 20.6. The molecule has 1 aromatic heterocycles. The van der Waals surface area contributed by atoms with E-state index in [4.69, 9.17) is 4.74 Å². The summed E-state index contributed by atoms with van der Waals surface area (Å²) < 4.78 is 5.10. The van der Waals surface area contributed by atoms with Gasteiger partial charge in [0.1, 0.15) is 5.69 Å². The molecule has 2 N–H and O–H groups in total. The Bertz CT molecular complexity index is 1020. The number of hydrogen-bond acceptors (Lipinski definition) is 5. The summed E-state index contributed by atoms with van der Waals surface area (Å²) in [7, 11) is 0. The van der Waals surface area contributed by atoms with Crippen LogP contribution in [0.1, 0.15) is 40.3 Å². The molecule has 0 saturated heterocycles. The molecule has 0 unspecified atom stereocenters. The van der Waals surface area contributed by atoms with Gasteiger partial charge in [-0.15, -0.1) is 0 Å². The van der Waals surface area contributed by atoms with E-state index in [1.807, 2.05) is 37.3 Å². The zero-order valence-electron chi connectivity index (χ0n) is 16.4. The Labute approximate surface area is 169 Å². The number of amides is 1. The summed E-state index contributed by atoms with van der Waals surface area (Å²) in [6, 6.07) is 18.1. The van der Waals surface area contributed by atoms with Crippen LogP contribution in [-0.4, -0.2) is 23.5 Å². The monoisotopic (exact) mass is 389 g/mol. The van der Waals surface area contributed by atoms with Gasteiger partial charge in [-0.3, -0.25) is 9.78 Å². The van der Waals surface area contributed by atoms with E-state index >= 15 is 0 Å². The largest absolute Gasteiger partial charge is 0.462 e. The van der Waals surface area contributed by atoms with Crippen molar-refractivity contribution in [3.63, 3.8) is 0 Å². The van der Waals surface area contributed by atoms with Gasteiger partial charge in [0.25, 0.3) is 5.91 Å². The van der Waals surface area contributed by atoms with Gasteiger partial charge in [0.05, 0.1) is 17.9 Å². The molecule has 6 heteroatoms. The second-order valence-electron chi connectivity index (χ2n) is 6.29. The highest BCUT2D eigenvalue weighted by atomic mass is 16.5. The number of para-hydroxylation sites is 2. The van der Waals surface area contributed by atoms with Crippen molar-refractivity contribution in [3.05, 3.63) is 83.7 Å². The lowest BCUT2D eigenvalue weighted by molar-refractivity contribution is 0.0527. The first kappa shape index (κ1) is 20.1. The van der Waals surface area contributed by atoms with Gasteiger partial charge in [0.15, 0.2) is 0 Å². The fourth-order valence-electron chi connectivity index (χ4n) is 2.90. The molecule has 0 aliphatic heterocycles. The molecule has 0 radical (unpaired) electrons. The highest BCUT2D eigenvalue weighted by Gasteiger charge is 2.14. The minimum absolute atomic E-state index is 0.273. The van der Waals surface area contributed by atoms with Crippen LogP contribution in [0.3, 0.4) is 0 Å². The van der Waals surface area contributed by atoms with Gasteiger partial charge in [-0.25, -0.2) is 4.79 Å². The summed E-state index contributed by atoms with van der Waals surface area (Å²) in [6.45, 7) is 4.10. The Balaban J connectivity index is 1.80. The van der Waals surface area contributed by atoms with Crippen LogP contribution in [0.4, 0.5) is 17.1 Å². The van der Waals surface area contributed by atoms with Gasteiger partial charge in [-0.05, 0) is 49.2 Å². The molecule has 1 amide bonds. The van der Waals surface area contributed by atoms with E-state index in [0.717, 1.165) is 17.7 Å². The first-order valence-corrected chi connectivity index (χ1v) is 9.50. The number of nitrogens with zero attached hydrogens (tertiary/aromatic N) is 1. The van der Waals surface area contributed by atoms with Gasteiger partial charge in [0.2, 0.25) is 0 Å². The van der Waals surface area contributed by atoms with E-state index in [-0.39, 0.29) is 11.6 Å². The Morgan fingerprint density at radius 1 is 0.966 bits per heavy atom. The molecule has 0 bridgehead atoms. The molecule has 1 heterocycles. The molecule has 0 aliphatic rings. The van der Waals surface area contributed by atoms with Gasteiger partial charge in [0, 0.05) is 17.6 Å². The maximum absolute atomic E-state index is 12.7. The van der Waals surface area contributed by atoms with E-state index in [2.05, 4.69) is 15.6 Å². The third kappa shape index (κ3) is 4.99. The molecule has 0 saturated carbocycles. The fourth-order valence-corrected chi connectivity index (χ4v) is 2.90. The predicted octanol–water partition coefficient (Wildman–Crippen LogP) is 4.82. The molecule has 0 atom stereocenters. The maximum atomic E-state index is 12.7. The van der Waals surface area contributed by atoms with Crippen LogP contribution in [0.2, 0.25) is 0 Å². The van der Waals surface area contributed by atoms with E-state index in [9.17, 15) is 9.59 Å². The molecule has 148 valence electrons. The van der Waals surface area contributed by atoms with Crippen molar-refractivity contribution in [2.24, 2.45) is 0 Å². The summed E-state index contributed by atoms with van der Waals surface area (Å²) in [5.74, 6) is -0.702. The number of aryl methyl sites for hydroxylation is 1. The van der Waals surface area contributed by atoms with Crippen LogP contribution in [-0.2, 0) is 11.2 Å². The Morgan fingerprint density at radius 2 is 1.69 bits per heavy atom. The summed E-state index contributed by atoms with van der Waals surface area (Å²) in [5.41, 5.74) is 3.76. The maximum Gasteiger partial charge on any atom is 0.340 e. The first-order chi connectivity index (χ1) is 14.1. The number of nitrogens with one attached hydrogen (secondary N) is 2. The highest BCUT2D eigenvalue weighted by molar-refractivity contribution is 6.04. The van der Waals surface area contributed by atoms with Crippen LogP contribution >= 0.6 is 0 Å². The number of ether oxygens (including phenoxy) is 1. The molecule has 0 aliphatic carbocycles. The molecule has 29 heavy (non-hydrogen) atoms. The van der Waals surface area contributed by atoms with Crippen LogP contribution in [0.25, 0.3) is 0 Å². The minimum Gasteiger partial charge on any atom is -0.462 e. The van der Waals surface area contributed by atoms with Crippen molar-refractivity contribution in [3.8, 4) is 0 Å². The molecule has 0 fully saturated rings. The summed E-state index contributed by atoms with van der Waals surface area (Å²) in [5, 5.41) is 6.08. The Kier molecular flexibility index (Phi) is 6.58. The average Bonchev–Trinajstić information content (AvgIpc) is 2.75. The molecule has 2 aromatic carbocycles. The standard InChI is InChI=1S/C23H23N3O3/c1-3-16-9-5-7-11-19(16)26-22(27)21-15-17(13-14-24-21)25-20-12-8-6-10-18(20)23(28)29-4-2/h5-15H,3-4H2,1-2H3,(H,24,25)(H,26,27). The lowest BCUT2D eigenvalue weighted by atomic mass is 10.1. The van der Waals surface area contributed by atoms with E-state index in [1.165, 1.54) is 0 Å². The molecule has 6 nitrogen and oxygen atoms in total. The molecule has 3 rings (SSSR count). The van der Waals surface area contributed by atoms with Crippen molar-refractivity contribution < 1.29 is 14.3 Å². The number of carbonyl (C=O) groups excluding carboxylic acids is 2. The quantitative estimate of drug-likeness (QED) is 0.567. The number of benzene rings is 2. The van der Waals surface area contributed by atoms with Crippen LogP contribution < -0.4 is 10.6 Å². The van der Waals surface area contributed by atoms with Gasteiger partial charge in [-0.2, -0.15) is 0 Å². The smallest absolute Gasteiger partial charge is 0.340 e. The van der Waals surface area contributed by atoms with Crippen molar-refractivity contribution in [1.29, 1.82) is 0 Å². The average molecular weight is 389 g/mol. The second-order valence-corrected chi connectivity index (χ2v) is 6.29. The molecule has 3 aromatic rings. The minimum atomic E-state index is -0.404. The van der Waals surface area contributed by atoms with Gasteiger partial charge >= 0.3 is 5.97 Å². The second kappa shape index (κ2) is 9.50. The van der Waals surface area contributed by atoms with E-state index < -0.39 is 5.97 Å². The zero-order valence-corrected chi connectivity index (χ0v) is 16.4. The lowest BCUT2D eigenvalue weighted by Crippen LogP contribution is -2.15. The number of pyridine rings is 1.